The number of hydrogen-bond donors (Lipinski definition) is 0. The summed E-state index contributed by atoms with van der Waals surface area (Å²) in [6.45, 7) is 5.35. The molecular weight excluding hydrogens is 150 g/mol. The molecule has 3 nitrogen and oxygen atoms in total. The van der Waals surface area contributed by atoms with Crippen LogP contribution in [0.2, 0.25) is 0 Å². The standard InChI is InChI=1S/C9H13N3/c1-7(2)8-4-3-5-12-6-10-11-9(8)12/h6H,3-5H2,1-2H3. The summed E-state index contributed by atoms with van der Waals surface area (Å²) in [6.07, 6.45) is 4.18. The summed E-state index contributed by atoms with van der Waals surface area (Å²) in [5.41, 5.74) is 2.74. The van der Waals surface area contributed by atoms with E-state index in [2.05, 4.69) is 28.6 Å². The highest BCUT2D eigenvalue weighted by Crippen LogP contribution is 2.26. The minimum atomic E-state index is 1.07. The average Bonchev–Trinajstić information content (AvgIpc) is 2.49. The maximum atomic E-state index is 4.11. The number of aromatic nitrogens is 3. The van der Waals surface area contributed by atoms with E-state index in [-0.39, 0.29) is 0 Å². The van der Waals surface area contributed by atoms with Crippen LogP contribution in [-0.4, -0.2) is 14.8 Å². The van der Waals surface area contributed by atoms with Crippen molar-refractivity contribution in [3.63, 3.8) is 0 Å². The highest BCUT2D eigenvalue weighted by atomic mass is 15.3. The molecule has 1 aliphatic heterocycles. The third kappa shape index (κ3) is 1.05. The molecule has 0 radical (unpaired) electrons. The Morgan fingerprint density at radius 3 is 3.08 bits per heavy atom. The molecule has 0 saturated heterocycles. The van der Waals surface area contributed by atoms with Gasteiger partial charge in [0, 0.05) is 6.54 Å². The summed E-state index contributed by atoms with van der Waals surface area (Å²) in [4.78, 5) is 0. The molecule has 1 aromatic rings. The van der Waals surface area contributed by atoms with Gasteiger partial charge in [-0.1, -0.05) is 5.57 Å². The fourth-order valence-corrected chi connectivity index (χ4v) is 1.66. The Bertz CT molecular complexity index is 318. The van der Waals surface area contributed by atoms with Crippen molar-refractivity contribution in [3.05, 3.63) is 17.7 Å². The van der Waals surface area contributed by atoms with E-state index in [1.165, 1.54) is 17.6 Å². The fourth-order valence-electron chi connectivity index (χ4n) is 1.66. The molecular formula is C9H13N3. The predicted octanol–water partition coefficient (Wildman–Crippen LogP) is 1.87. The van der Waals surface area contributed by atoms with E-state index in [1.807, 2.05) is 6.33 Å². The van der Waals surface area contributed by atoms with E-state index in [0.29, 0.717) is 0 Å². The van der Waals surface area contributed by atoms with Gasteiger partial charge in [-0.25, -0.2) is 0 Å². The molecule has 64 valence electrons. The van der Waals surface area contributed by atoms with E-state index in [4.69, 9.17) is 0 Å². The molecule has 0 amide bonds. The first-order valence-corrected chi connectivity index (χ1v) is 4.33. The maximum absolute atomic E-state index is 4.11. The maximum Gasteiger partial charge on any atom is 0.159 e. The first kappa shape index (κ1) is 7.53. The molecule has 0 spiro atoms. The quantitative estimate of drug-likeness (QED) is 0.584. The molecule has 0 aliphatic carbocycles. The van der Waals surface area contributed by atoms with E-state index in [0.717, 1.165) is 18.8 Å². The topological polar surface area (TPSA) is 30.7 Å². The van der Waals surface area contributed by atoms with Crippen LogP contribution in [0.1, 0.15) is 32.5 Å². The minimum Gasteiger partial charge on any atom is -0.314 e. The number of allylic oxidation sites excluding steroid dienone is 2. The van der Waals surface area contributed by atoms with Crippen LogP contribution in [-0.2, 0) is 6.54 Å². The Morgan fingerprint density at radius 2 is 2.33 bits per heavy atom. The summed E-state index contributed by atoms with van der Waals surface area (Å²) >= 11 is 0. The Labute approximate surface area is 72.1 Å². The van der Waals surface area contributed by atoms with Crippen LogP contribution >= 0.6 is 0 Å². The minimum absolute atomic E-state index is 1.07. The summed E-state index contributed by atoms with van der Waals surface area (Å²) in [6, 6.07) is 0. The third-order valence-electron chi connectivity index (χ3n) is 2.31. The van der Waals surface area contributed by atoms with Gasteiger partial charge in [-0.3, -0.25) is 0 Å². The summed E-state index contributed by atoms with van der Waals surface area (Å²) < 4.78 is 2.13. The van der Waals surface area contributed by atoms with Crippen molar-refractivity contribution < 1.29 is 0 Å². The Morgan fingerprint density at radius 1 is 1.50 bits per heavy atom. The summed E-state index contributed by atoms with van der Waals surface area (Å²) in [5, 5.41) is 8.03. The lowest BCUT2D eigenvalue weighted by Crippen LogP contribution is -2.09. The lowest BCUT2D eigenvalue weighted by molar-refractivity contribution is 0.610. The third-order valence-corrected chi connectivity index (χ3v) is 2.31. The number of aryl methyl sites for hydroxylation is 1. The normalized spacial score (nSPS) is 16.0. The highest BCUT2D eigenvalue weighted by molar-refractivity contribution is 5.63. The van der Waals surface area contributed by atoms with E-state index in [1.54, 1.807) is 0 Å². The van der Waals surface area contributed by atoms with Gasteiger partial charge >= 0.3 is 0 Å². The van der Waals surface area contributed by atoms with Gasteiger partial charge in [-0.2, -0.15) is 0 Å². The largest absolute Gasteiger partial charge is 0.314 e. The molecule has 0 atom stereocenters. The van der Waals surface area contributed by atoms with Gasteiger partial charge < -0.3 is 4.57 Å². The highest BCUT2D eigenvalue weighted by Gasteiger charge is 2.15. The molecule has 1 aliphatic rings. The zero-order valence-electron chi connectivity index (χ0n) is 7.54. The lowest BCUT2D eigenvalue weighted by Gasteiger charge is -2.16. The fraction of sp³-hybridized carbons (Fsp3) is 0.556. The van der Waals surface area contributed by atoms with E-state index < -0.39 is 0 Å². The smallest absolute Gasteiger partial charge is 0.159 e. The number of nitrogens with zero attached hydrogens (tertiary/aromatic N) is 3. The van der Waals surface area contributed by atoms with Crippen molar-refractivity contribution in [2.75, 3.05) is 0 Å². The zero-order valence-corrected chi connectivity index (χ0v) is 7.54. The van der Waals surface area contributed by atoms with Gasteiger partial charge in [0.15, 0.2) is 5.82 Å². The molecule has 1 aromatic heterocycles. The summed E-state index contributed by atoms with van der Waals surface area (Å²) in [7, 11) is 0. The van der Waals surface area contributed by atoms with Crippen LogP contribution in [0.5, 0.6) is 0 Å². The Kier molecular flexibility index (Phi) is 1.71. The van der Waals surface area contributed by atoms with Crippen molar-refractivity contribution >= 4 is 5.57 Å². The molecule has 3 heteroatoms. The molecule has 2 heterocycles. The van der Waals surface area contributed by atoms with Crippen molar-refractivity contribution in [3.8, 4) is 0 Å². The number of hydrogen-bond acceptors (Lipinski definition) is 2. The predicted molar refractivity (Wildman–Crippen MR) is 47.5 cm³/mol. The molecule has 12 heavy (non-hydrogen) atoms. The van der Waals surface area contributed by atoms with Crippen LogP contribution in [0.4, 0.5) is 0 Å². The van der Waals surface area contributed by atoms with E-state index in [9.17, 15) is 0 Å². The molecule has 0 saturated carbocycles. The van der Waals surface area contributed by atoms with Crippen LogP contribution in [0.15, 0.2) is 11.9 Å². The van der Waals surface area contributed by atoms with Crippen molar-refractivity contribution in [2.45, 2.75) is 33.2 Å². The number of fused-ring (bicyclic) bond motifs is 1. The van der Waals surface area contributed by atoms with Gasteiger partial charge in [0.2, 0.25) is 0 Å². The SMILES string of the molecule is CC(C)=C1CCCn2cnnc21. The molecule has 0 aromatic carbocycles. The average molecular weight is 163 g/mol. The van der Waals surface area contributed by atoms with Gasteiger partial charge in [-0.05, 0) is 32.3 Å². The van der Waals surface area contributed by atoms with Gasteiger partial charge in [0.1, 0.15) is 6.33 Å². The Hall–Kier alpha value is -1.12. The second-order valence-corrected chi connectivity index (χ2v) is 3.43. The van der Waals surface area contributed by atoms with Gasteiger partial charge in [-0.15, -0.1) is 10.2 Å². The zero-order chi connectivity index (χ0) is 8.55. The first-order chi connectivity index (χ1) is 5.79. The van der Waals surface area contributed by atoms with Gasteiger partial charge in [0.05, 0.1) is 0 Å². The van der Waals surface area contributed by atoms with Crippen molar-refractivity contribution in [1.82, 2.24) is 14.8 Å². The molecule has 2 rings (SSSR count). The first-order valence-electron chi connectivity index (χ1n) is 4.33. The molecule has 0 bridgehead atoms. The monoisotopic (exact) mass is 163 g/mol. The van der Waals surface area contributed by atoms with Crippen LogP contribution in [0, 0.1) is 0 Å². The number of rotatable bonds is 0. The Balaban J connectivity index is 2.52. The second kappa shape index (κ2) is 2.73. The van der Waals surface area contributed by atoms with Crippen molar-refractivity contribution in [2.24, 2.45) is 0 Å². The van der Waals surface area contributed by atoms with Crippen LogP contribution in [0.3, 0.4) is 0 Å². The molecule has 0 fully saturated rings. The molecule has 0 N–H and O–H groups in total. The molecule has 0 unspecified atom stereocenters. The summed E-state index contributed by atoms with van der Waals surface area (Å²) in [5.74, 6) is 1.07. The van der Waals surface area contributed by atoms with E-state index >= 15 is 0 Å². The second-order valence-electron chi connectivity index (χ2n) is 3.43. The lowest BCUT2D eigenvalue weighted by atomic mass is 10.0. The van der Waals surface area contributed by atoms with Crippen LogP contribution < -0.4 is 0 Å². The van der Waals surface area contributed by atoms with Crippen LogP contribution in [0.25, 0.3) is 5.57 Å². The van der Waals surface area contributed by atoms with Gasteiger partial charge in [0.25, 0.3) is 0 Å². The van der Waals surface area contributed by atoms with Crippen molar-refractivity contribution in [1.29, 1.82) is 0 Å².